The summed E-state index contributed by atoms with van der Waals surface area (Å²) in [6, 6.07) is 6.66. The van der Waals surface area contributed by atoms with Gasteiger partial charge in [-0.05, 0) is 37.1 Å². The van der Waals surface area contributed by atoms with Crippen molar-refractivity contribution in [1.29, 1.82) is 0 Å². The highest BCUT2D eigenvalue weighted by Crippen LogP contribution is 2.21. The Morgan fingerprint density at radius 3 is 2.00 bits per heavy atom. The predicted octanol–water partition coefficient (Wildman–Crippen LogP) is 2.94. The molecule has 0 atom stereocenters. The van der Waals surface area contributed by atoms with Crippen LogP contribution in [0.25, 0.3) is 0 Å². The van der Waals surface area contributed by atoms with Crippen LogP contribution in [0.1, 0.15) is 26.7 Å². The zero-order valence-corrected chi connectivity index (χ0v) is 10.7. The fourth-order valence-electron chi connectivity index (χ4n) is 1.56. The van der Waals surface area contributed by atoms with Gasteiger partial charge in [-0.2, -0.15) is 0 Å². The third-order valence-electron chi connectivity index (χ3n) is 2.51. The molecule has 0 bridgehead atoms. The van der Waals surface area contributed by atoms with E-state index in [-0.39, 0.29) is 5.25 Å². The average Bonchev–Trinajstić information content (AvgIpc) is 2.19. The van der Waals surface area contributed by atoms with Crippen LogP contribution in [0, 0.1) is 0 Å². The van der Waals surface area contributed by atoms with Crippen molar-refractivity contribution < 1.29 is 8.42 Å². The molecular weight excluding hydrogens is 228 g/mol. The minimum Gasteiger partial charge on any atom is -0.223 e. The molecule has 0 unspecified atom stereocenters. The lowest BCUT2D eigenvalue weighted by atomic mass is 10.3. The van der Waals surface area contributed by atoms with Crippen molar-refractivity contribution in [3.8, 4) is 0 Å². The zero-order valence-electron chi connectivity index (χ0n) is 8.97. The molecule has 0 amide bonds. The number of rotatable bonds is 4. The molecule has 1 aromatic rings. The standard InChI is InChI=1S/C11H16O2S2/c1-3-10(4-2)15(12,13)11-7-5-9(14)6-8-11/h5-8,10,14H,3-4H2,1-2H3. The van der Waals surface area contributed by atoms with E-state index in [0.717, 1.165) is 4.90 Å². The molecule has 84 valence electrons. The molecular formula is C11H16O2S2. The first-order valence-corrected chi connectivity index (χ1v) is 7.04. The van der Waals surface area contributed by atoms with Gasteiger partial charge in [-0.15, -0.1) is 12.6 Å². The molecule has 0 radical (unpaired) electrons. The van der Waals surface area contributed by atoms with Crippen LogP contribution in [-0.4, -0.2) is 13.7 Å². The van der Waals surface area contributed by atoms with Crippen LogP contribution in [0.4, 0.5) is 0 Å². The van der Waals surface area contributed by atoms with E-state index in [1.807, 2.05) is 13.8 Å². The lowest BCUT2D eigenvalue weighted by Crippen LogP contribution is -2.19. The molecule has 15 heavy (non-hydrogen) atoms. The molecule has 0 spiro atoms. The molecule has 0 aromatic heterocycles. The first-order chi connectivity index (χ1) is 7.02. The zero-order chi connectivity index (χ0) is 11.5. The molecule has 0 saturated carbocycles. The summed E-state index contributed by atoms with van der Waals surface area (Å²) in [5, 5.41) is -0.275. The highest BCUT2D eigenvalue weighted by atomic mass is 32.2. The molecule has 0 aliphatic heterocycles. The molecule has 0 heterocycles. The Bertz CT molecular complexity index is 403. The van der Waals surface area contributed by atoms with Crippen LogP contribution in [0.3, 0.4) is 0 Å². The lowest BCUT2D eigenvalue weighted by Gasteiger charge is -2.13. The second kappa shape index (κ2) is 5.03. The van der Waals surface area contributed by atoms with Gasteiger partial charge < -0.3 is 0 Å². The minimum atomic E-state index is -3.15. The maximum atomic E-state index is 12.1. The summed E-state index contributed by atoms with van der Waals surface area (Å²) in [5.41, 5.74) is 0. The molecule has 2 nitrogen and oxygen atoms in total. The van der Waals surface area contributed by atoms with Gasteiger partial charge in [0.1, 0.15) is 0 Å². The van der Waals surface area contributed by atoms with E-state index in [2.05, 4.69) is 12.6 Å². The lowest BCUT2D eigenvalue weighted by molar-refractivity contribution is 0.571. The second-order valence-corrected chi connectivity index (χ2v) is 6.22. The largest absolute Gasteiger partial charge is 0.223 e. The van der Waals surface area contributed by atoms with Crippen LogP contribution in [0.2, 0.25) is 0 Å². The fourth-order valence-corrected chi connectivity index (χ4v) is 3.48. The average molecular weight is 244 g/mol. The van der Waals surface area contributed by atoms with E-state index in [4.69, 9.17) is 0 Å². The van der Waals surface area contributed by atoms with Crippen molar-refractivity contribution in [2.45, 2.75) is 41.7 Å². The Balaban J connectivity index is 3.11. The summed E-state index contributed by atoms with van der Waals surface area (Å²) in [6.45, 7) is 3.80. The summed E-state index contributed by atoms with van der Waals surface area (Å²) >= 11 is 4.13. The maximum absolute atomic E-state index is 12.1. The Labute approximate surface area is 97.0 Å². The van der Waals surface area contributed by atoms with E-state index in [9.17, 15) is 8.42 Å². The van der Waals surface area contributed by atoms with Crippen LogP contribution < -0.4 is 0 Å². The van der Waals surface area contributed by atoms with Crippen molar-refractivity contribution in [2.24, 2.45) is 0 Å². The Morgan fingerprint density at radius 2 is 1.60 bits per heavy atom. The summed E-state index contributed by atoms with van der Waals surface area (Å²) in [5.74, 6) is 0. The first-order valence-electron chi connectivity index (χ1n) is 5.05. The van der Waals surface area contributed by atoms with Gasteiger partial charge in [0.2, 0.25) is 0 Å². The Kier molecular flexibility index (Phi) is 4.22. The topological polar surface area (TPSA) is 34.1 Å². The number of sulfone groups is 1. The van der Waals surface area contributed by atoms with Gasteiger partial charge in [0.15, 0.2) is 9.84 Å². The van der Waals surface area contributed by atoms with E-state index in [1.54, 1.807) is 24.3 Å². The van der Waals surface area contributed by atoms with Gasteiger partial charge in [0.05, 0.1) is 10.1 Å². The van der Waals surface area contributed by atoms with Gasteiger partial charge in [0, 0.05) is 4.90 Å². The molecule has 4 heteroatoms. The second-order valence-electron chi connectivity index (χ2n) is 3.48. The highest BCUT2D eigenvalue weighted by Gasteiger charge is 2.23. The van der Waals surface area contributed by atoms with Crippen LogP contribution >= 0.6 is 12.6 Å². The minimum absolute atomic E-state index is 0.275. The fraction of sp³-hybridized carbons (Fsp3) is 0.455. The van der Waals surface area contributed by atoms with Crippen molar-refractivity contribution in [3.05, 3.63) is 24.3 Å². The van der Waals surface area contributed by atoms with Crippen molar-refractivity contribution in [2.75, 3.05) is 0 Å². The Morgan fingerprint density at radius 1 is 1.13 bits per heavy atom. The van der Waals surface area contributed by atoms with E-state index < -0.39 is 9.84 Å². The van der Waals surface area contributed by atoms with Gasteiger partial charge in [-0.25, -0.2) is 8.42 Å². The van der Waals surface area contributed by atoms with Crippen molar-refractivity contribution in [3.63, 3.8) is 0 Å². The van der Waals surface area contributed by atoms with E-state index in [0.29, 0.717) is 17.7 Å². The summed E-state index contributed by atoms with van der Waals surface area (Å²) in [6.07, 6.45) is 1.31. The molecule has 1 rings (SSSR count). The normalized spacial score (nSPS) is 12.0. The molecule has 0 N–H and O–H groups in total. The molecule has 0 aliphatic rings. The number of thiol groups is 1. The molecule has 0 saturated heterocycles. The van der Waals surface area contributed by atoms with E-state index in [1.165, 1.54) is 0 Å². The summed E-state index contributed by atoms with van der Waals surface area (Å²) in [7, 11) is -3.15. The van der Waals surface area contributed by atoms with Gasteiger partial charge in [-0.1, -0.05) is 13.8 Å². The predicted molar refractivity (Wildman–Crippen MR) is 65.2 cm³/mol. The highest BCUT2D eigenvalue weighted by molar-refractivity contribution is 7.92. The van der Waals surface area contributed by atoms with Gasteiger partial charge in [0.25, 0.3) is 0 Å². The van der Waals surface area contributed by atoms with Crippen molar-refractivity contribution in [1.82, 2.24) is 0 Å². The number of hydrogen-bond acceptors (Lipinski definition) is 3. The third-order valence-corrected chi connectivity index (χ3v) is 5.29. The van der Waals surface area contributed by atoms with Crippen LogP contribution in [0.15, 0.2) is 34.1 Å². The third kappa shape index (κ3) is 2.75. The smallest absolute Gasteiger partial charge is 0.181 e. The SMILES string of the molecule is CCC(CC)S(=O)(=O)c1ccc(S)cc1. The van der Waals surface area contributed by atoms with Crippen LogP contribution in [0.5, 0.6) is 0 Å². The Hall–Kier alpha value is -0.480. The maximum Gasteiger partial charge on any atom is 0.181 e. The monoisotopic (exact) mass is 244 g/mol. The first kappa shape index (κ1) is 12.6. The summed E-state index contributed by atoms with van der Waals surface area (Å²) < 4.78 is 24.2. The quantitative estimate of drug-likeness (QED) is 0.826. The van der Waals surface area contributed by atoms with Crippen LogP contribution in [-0.2, 0) is 9.84 Å². The number of benzene rings is 1. The van der Waals surface area contributed by atoms with E-state index >= 15 is 0 Å². The van der Waals surface area contributed by atoms with Gasteiger partial charge >= 0.3 is 0 Å². The molecule has 1 aromatic carbocycles. The molecule has 0 aliphatic carbocycles. The number of hydrogen-bond donors (Lipinski definition) is 1. The van der Waals surface area contributed by atoms with Crippen molar-refractivity contribution >= 4 is 22.5 Å². The molecule has 0 fully saturated rings. The summed E-state index contributed by atoms with van der Waals surface area (Å²) in [4.78, 5) is 1.17. The van der Waals surface area contributed by atoms with Gasteiger partial charge in [-0.3, -0.25) is 0 Å².